The van der Waals surface area contributed by atoms with Crippen LogP contribution in [0, 0.1) is 6.92 Å². The summed E-state index contributed by atoms with van der Waals surface area (Å²) in [6.45, 7) is 7.94. The van der Waals surface area contributed by atoms with Crippen LogP contribution in [0.15, 0.2) is 59.1 Å². The maximum Gasteiger partial charge on any atom is 0.176 e. The van der Waals surface area contributed by atoms with Gasteiger partial charge in [0.2, 0.25) is 0 Å². The van der Waals surface area contributed by atoms with Crippen LogP contribution in [0.25, 0.3) is 11.3 Å². The summed E-state index contributed by atoms with van der Waals surface area (Å²) in [5.41, 5.74) is 2.75. The number of phenolic OH excluding ortho intramolecular Hbond substituents is 1. The normalized spacial score (nSPS) is 10.6. The van der Waals surface area contributed by atoms with Gasteiger partial charge in [-0.25, -0.2) is 0 Å². The van der Waals surface area contributed by atoms with Crippen molar-refractivity contribution in [3.05, 3.63) is 64.8 Å². The number of nitrogens with one attached hydrogen (secondary N) is 1. The van der Waals surface area contributed by atoms with Gasteiger partial charge in [-0.05, 0) is 59.6 Å². The van der Waals surface area contributed by atoms with Crippen molar-refractivity contribution < 1.29 is 14.6 Å². The Bertz CT molecular complexity index is 950. The third-order valence-corrected chi connectivity index (χ3v) is 4.30. The van der Waals surface area contributed by atoms with Crippen LogP contribution >= 0.6 is 15.9 Å². The third kappa shape index (κ3) is 3.91. The molecule has 134 valence electrons. The predicted molar refractivity (Wildman–Crippen MR) is 105 cm³/mol. The molecule has 5 nitrogen and oxygen atoms in total. The molecule has 0 amide bonds. The molecule has 0 radical (unpaired) electrons. The Balaban J connectivity index is 1.93. The molecule has 3 rings (SSSR count). The number of halogens is 1. The maximum atomic E-state index is 10.4. The van der Waals surface area contributed by atoms with E-state index in [0.29, 0.717) is 35.1 Å². The highest BCUT2D eigenvalue weighted by atomic mass is 79.9. The number of para-hydroxylation sites is 1. The first-order valence-electron chi connectivity index (χ1n) is 8.03. The van der Waals surface area contributed by atoms with Gasteiger partial charge in [-0.15, -0.1) is 0 Å². The lowest BCUT2D eigenvalue weighted by Gasteiger charge is -2.11. The Morgan fingerprint density at radius 1 is 1.27 bits per heavy atom. The molecular formula is C20H19BrN2O3. The van der Waals surface area contributed by atoms with E-state index >= 15 is 0 Å². The van der Waals surface area contributed by atoms with Crippen molar-refractivity contribution in [2.75, 3.05) is 6.61 Å². The van der Waals surface area contributed by atoms with Gasteiger partial charge in [-0.2, -0.15) is 5.10 Å². The van der Waals surface area contributed by atoms with Crippen molar-refractivity contribution in [2.24, 2.45) is 0 Å². The largest absolute Gasteiger partial charge is 0.507 e. The van der Waals surface area contributed by atoms with E-state index in [1.54, 1.807) is 18.2 Å². The topological polar surface area (TPSA) is 67.4 Å². The Morgan fingerprint density at radius 3 is 2.73 bits per heavy atom. The number of aromatic hydroxyl groups is 1. The number of aromatic amines is 1. The quantitative estimate of drug-likeness (QED) is 0.515. The number of rotatable bonds is 6. The first-order valence-corrected chi connectivity index (χ1v) is 8.83. The van der Waals surface area contributed by atoms with Crippen LogP contribution in [-0.2, 0) is 0 Å². The molecule has 26 heavy (non-hydrogen) atoms. The fourth-order valence-electron chi connectivity index (χ4n) is 2.37. The first-order chi connectivity index (χ1) is 12.5. The van der Waals surface area contributed by atoms with Gasteiger partial charge in [0.15, 0.2) is 5.75 Å². The highest BCUT2D eigenvalue weighted by Crippen LogP contribution is 2.41. The smallest absolute Gasteiger partial charge is 0.176 e. The molecule has 6 heteroatoms. The molecule has 3 aromatic rings. The number of nitrogens with zero attached hydrogens (tertiary/aromatic N) is 1. The molecule has 0 aliphatic carbocycles. The van der Waals surface area contributed by atoms with Crippen LogP contribution in [0.1, 0.15) is 12.6 Å². The molecule has 1 aromatic heterocycles. The summed E-state index contributed by atoms with van der Waals surface area (Å²) in [4.78, 5) is 0. The summed E-state index contributed by atoms with van der Waals surface area (Å²) in [6.07, 6.45) is 0. The Morgan fingerprint density at radius 2 is 2.04 bits per heavy atom. The van der Waals surface area contributed by atoms with Crippen LogP contribution < -0.4 is 9.47 Å². The van der Waals surface area contributed by atoms with Crippen LogP contribution in [0.2, 0.25) is 0 Å². The van der Waals surface area contributed by atoms with Gasteiger partial charge in [0.05, 0.1) is 10.2 Å². The fourth-order valence-corrected chi connectivity index (χ4v) is 2.74. The minimum absolute atomic E-state index is 0.0627. The van der Waals surface area contributed by atoms with Crippen LogP contribution in [0.4, 0.5) is 0 Å². The zero-order valence-corrected chi connectivity index (χ0v) is 16.1. The summed E-state index contributed by atoms with van der Waals surface area (Å²) >= 11 is 3.47. The minimum Gasteiger partial charge on any atom is -0.507 e. The molecule has 0 atom stereocenters. The minimum atomic E-state index is 0.0627. The van der Waals surface area contributed by atoms with Crippen molar-refractivity contribution in [1.82, 2.24) is 10.2 Å². The SMILES string of the molecule is C=C(C)COc1ccc(-c2n[nH]c(C)c2Oc2ccccc2Br)c(O)c1. The van der Waals surface area contributed by atoms with E-state index in [2.05, 4.69) is 32.7 Å². The van der Waals surface area contributed by atoms with Gasteiger partial charge in [0.1, 0.15) is 29.5 Å². The molecule has 0 aliphatic heterocycles. The van der Waals surface area contributed by atoms with Gasteiger partial charge in [-0.1, -0.05) is 18.7 Å². The van der Waals surface area contributed by atoms with E-state index in [1.807, 2.05) is 38.1 Å². The monoisotopic (exact) mass is 414 g/mol. The van der Waals surface area contributed by atoms with Gasteiger partial charge in [-0.3, -0.25) is 5.10 Å². The molecule has 2 aromatic carbocycles. The molecular weight excluding hydrogens is 396 g/mol. The summed E-state index contributed by atoms with van der Waals surface area (Å²) < 4.78 is 12.4. The van der Waals surface area contributed by atoms with E-state index in [4.69, 9.17) is 9.47 Å². The number of hydrogen-bond donors (Lipinski definition) is 2. The zero-order chi connectivity index (χ0) is 18.7. The Kier molecular flexibility index (Phi) is 5.32. The molecule has 0 spiro atoms. The highest BCUT2D eigenvalue weighted by Gasteiger charge is 2.19. The second kappa shape index (κ2) is 7.66. The molecule has 1 heterocycles. The summed E-state index contributed by atoms with van der Waals surface area (Å²) in [7, 11) is 0. The van der Waals surface area contributed by atoms with Crippen molar-refractivity contribution in [3.8, 4) is 34.3 Å². The van der Waals surface area contributed by atoms with Crippen molar-refractivity contribution in [3.63, 3.8) is 0 Å². The lowest BCUT2D eigenvalue weighted by atomic mass is 10.1. The molecule has 0 fully saturated rings. The second-order valence-electron chi connectivity index (χ2n) is 5.98. The van der Waals surface area contributed by atoms with Gasteiger partial charge >= 0.3 is 0 Å². The van der Waals surface area contributed by atoms with Crippen LogP contribution in [0.3, 0.4) is 0 Å². The standard InChI is InChI=1S/C20H19BrN2O3/c1-12(2)11-25-14-8-9-15(17(24)10-14)19-20(13(3)22-23-19)26-18-7-5-4-6-16(18)21/h4-10,24H,1,11H2,2-3H3,(H,22,23). The number of aryl methyl sites for hydroxylation is 1. The van der Waals surface area contributed by atoms with Crippen molar-refractivity contribution in [1.29, 1.82) is 0 Å². The Hall–Kier alpha value is -2.73. The Labute approximate surface area is 160 Å². The summed E-state index contributed by atoms with van der Waals surface area (Å²) in [6, 6.07) is 12.7. The lowest BCUT2D eigenvalue weighted by Crippen LogP contribution is -1.97. The number of phenols is 1. The average molecular weight is 415 g/mol. The van der Waals surface area contributed by atoms with Gasteiger partial charge < -0.3 is 14.6 Å². The fraction of sp³-hybridized carbons (Fsp3) is 0.150. The summed E-state index contributed by atoms with van der Waals surface area (Å²) in [5.74, 6) is 1.85. The second-order valence-corrected chi connectivity index (χ2v) is 6.84. The molecule has 0 saturated heterocycles. The van der Waals surface area contributed by atoms with E-state index in [0.717, 1.165) is 15.7 Å². The van der Waals surface area contributed by atoms with Gasteiger partial charge in [0.25, 0.3) is 0 Å². The first kappa shape index (κ1) is 18.1. The highest BCUT2D eigenvalue weighted by molar-refractivity contribution is 9.10. The summed E-state index contributed by atoms with van der Waals surface area (Å²) in [5, 5.41) is 17.7. The number of H-pyrrole nitrogens is 1. The van der Waals surface area contributed by atoms with E-state index in [-0.39, 0.29) is 5.75 Å². The predicted octanol–water partition coefficient (Wildman–Crippen LogP) is 5.60. The van der Waals surface area contributed by atoms with Crippen LogP contribution in [0.5, 0.6) is 23.0 Å². The molecule has 0 aliphatic rings. The average Bonchev–Trinajstić information content (AvgIpc) is 2.96. The van der Waals surface area contributed by atoms with Crippen molar-refractivity contribution >= 4 is 15.9 Å². The number of hydrogen-bond acceptors (Lipinski definition) is 4. The van der Waals surface area contributed by atoms with Crippen LogP contribution in [-0.4, -0.2) is 21.9 Å². The molecule has 0 saturated carbocycles. The van der Waals surface area contributed by atoms with Crippen molar-refractivity contribution in [2.45, 2.75) is 13.8 Å². The zero-order valence-electron chi connectivity index (χ0n) is 14.5. The third-order valence-electron chi connectivity index (χ3n) is 3.65. The van der Waals surface area contributed by atoms with E-state index in [9.17, 15) is 5.11 Å². The molecule has 0 bridgehead atoms. The van der Waals surface area contributed by atoms with E-state index < -0.39 is 0 Å². The lowest BCUT2D eigenvalue weighted by molar-refractivity contribution is 0.350. The number of benzene rings is 2. The molecule has 2 N–H and O–H groups in total. The van der Waals surface area contributed by atoms with E-state index in [1.165, 1.54) is 0 Å². The molecule has 0 unspecified atom stereocenters. The van der Waals surface area contributed by atoms with Gasteiger partial charge in [0, 0.05) is 11.6 Å². The maximum absolute atomic E-state index is 10.4. The number of ether oxygens (including phenoxy) is 2. The number of aromatic nitrogens is 2.